The van der Waals surface area contributed by atoms with E-state index < -0.39 is 42.5 Å². The lowest BCUT2D eigenvalue weighted by atomic mass is 9.96. The number of rotatable bonds is 18. The third-order valence-corrected chi connectivity index (χ3v) is 15.5. The van der Waals surface area contributed by atoms with E-state index in [9.17, 15) is 31.7 Å². The average molecular weight is 999 g/mol. The summed E-state index contributed by atoms with van der Waals surface area (Å²) in [7, 11) is -8.00. The maximum absolute atomic E-state index is 13.9. The van der Waals surface area contributed by atoms with Crippen LogP contribution < -0.4 is 19.7 Å². The number of halogens is 1. The van der Waals surface area contributed by atoms with E-state index in [4.69, 9.17) is 11.6 Å². The van der Waals surface area contributed by atoms with Gasteiger partial charge in [-0.25, -0.2) is 26.8 Å². The van der Waals surface area contributed by atoms with Crippen molar-refractivity contribution >= 4 is 83.1 Å². The van der Waals surface area contributed by atoms with Gasteiger partial charge < -0.3 is 15.1 Å². The van der Waals surface area contributed by atoms with Crippen LogP contribution in [0.2, 0.25) is 5.02 Å². The van der Waals surface area contributed by atoms with Crippen molar-refractivity contribution in [1.29, 1.82) is 0 Å². The van der Waals surface area contributed by atoms with Crippen molar-refractivity contribution in [3.05, 3.63) is 142 Å². The number of anilines is 3. The summed E-state index contributed by atoms with van der Waals surface area (Å²) in [6, 6.07) is 35.2. The van der Waals surface area contributed by atoms with Gasteiger partial charge in [0.25, 0.3) is 15.7 Å². The maximum atomic E-state index is 13.9. The molecule has 8 rings (SSSR count). The number of thioether (sulfide) groups is 1. The first-order valence-corrected chi connectivity index (χ1v) is 27.0. The number of nitro groups is 1. The molecule has 20 heteroatoms. The first-order valence-electron chi connectivity index (χ1n) is 22.2. The average Bonchev–Trinajstić information content (AvgIpc) is 3.32. The smallest absolute Gasteiger partial charge is 0.293 e. The summed E-state index contributed by atoms with van der Waals surface area (Å²) in [4.78, 5) is 40.7. The highest BCUT2D eigenvalue weighted by molar-refractivity contribution is 7.99. The van der Waals surface area contributed by atoms with E-state index in [2.05, 4.69) is 57.6 Å². The van der Waals surface area contributed by atoms with E-state index in [0.29, 0.717) is 60.6 Å². The zero-order valence-corrected chi connectivity index (χ0v) is 40.5. The standard InChI is InChI=1S/C48H52ClN9O7S3/c1-67(62,63)54-48(59)35-18-21-55(22-19-35)23-20-38(32-66-40-10-6-3-7-11-40)52-44-17-14-41(30-46(44)58(60)61)68(64,65)53-47-43-16-13-39(29-45(43)50-33-51-47)57-26-24-56(25-27-57)31-36-28-37(49)12-15-42(36)34-8-4-2-5-9-34/h2-17,28-30,33,35,38,52H,18-27,31-32H2,1H3,(H,54,59)(H,50,51,53)/t38-/m1/s1. The molecule has 3 N–H and O–H groups in total. The highest BCUT2D eigenvalue weighted by Crippen LogP contribution is 2.33. The van der Waals surface area contributed by atoms with Crippen molar-refractivity contribution in [2.75, 3.05) is 72.8 Å². The summed E-state index contributed by atoms with van der Waals surface area (Å²) in [6.07, 6.45) is 3.83. The number of piperazine rings is 1. The van der Waals surface area contributed by atoms with Crippen molar-refractivity contribution in [3.63, 3.8) is 0 Å². The second-order valence-corrected chi connectivity index (χ2v) is 22.0. The van der Waals surface area contributed by atoms with E-state index in [1.165, 1.54) is 24.0 Å². The lowest BCUT2D eigenvalue weighted by molar-refractivity contribution is -0.384. The minimum atomic E-state index is -4.35. The summed E-state index contributed by atoms with van der Waals surface area (Å²) in [6.45, 7) is 5.72. The number of benzene rings is 5. The minimum Gasteiger partial charge on any atom is -0.376 e. The van der Waals surface area contributed by atoms with Gasteiger partial charge in [0.15, 0.2) is 5.82 Å². The Morgan fingerprint density at radius 3 is 2.28 bits per heavy atom. The Balaban J connectivity index is 0.921. The molecule has 0 bridgehead atoms. The van der Waals surface area contributed by atoms with Crippen molar-refractivity contribution in [2.24, 2.45) is 5.92 Å². The molecule has 1 atom stereocenters. The number of carbonyl (C=O) groups excluding carboxylic acids is 1. The molecule has 6 aromatic rings. The Morgan fingerprint density at radius 1 is 0.853 bits per heavy atom. The SMILES string of the molecule is CS(=O)(=O)NC(=O)C1CCN(CC[C@H](CSc2ccccc2)Nc2ccc(S(=O)(=O)Nc3ncnc4cc(N5CCN(Cc6cc(Cl)ccc6-c6ccccc6)CC5)ccc34)cc2[N+](=O)[O-])CC1. The van der Waals surface area contributed by atoms with Crippen LogP contribution in [-0.2, 0) is 31.4 Å². The second kappa shape index (κ2) is 21.6. The number of nitro benzene ring substituents is 1. The zero-order valence-electron chi connectivity index (χ0n) is 37.3. The van der Waals surface area contributed by atoms with Gasteiger partial charge in [0.05, 0.1) is 21.6 Å². The number of sulfonamides is 2. The van der Waals surface area contributed by atoms with Crippen LogP contribution in [0.5, 0.6) is 0 Å². The number of likely N-dealkylation sites (tertiary alicyclic amines) is 1. The highest BCUT2D eigenvalue weighted by Gasteiger charge is 2.29. The number of fused-ring (bicyclic) bond motifs is 1. The van der Waals surface area contributed by atoms with Crippen LogP contribution in [0.4, 0.5) is 22.9 Å². The number of aromatic nitrogens is 2. The summed E-state index contributed by atoms with van der Waals surface area (Å²) in [5.41, 5.74) is 4.72. The molecule has 2 saturated heterocycles. The monoisotopic (exact) mass is 997 g/mol. The fourth-order valence-electron chi connectivity index (χ4n) is 8.61. The Labute approximate surface area is 405 Å². The molecule has 2 fully saturated rings. The molecule has 356 valence electrons. The number of piperidine rings is 1. The highest BCUT2D eigenvalue weighted by atomic mass is 35.5. The number of amides is 1. The van der Waals surface area contributed by atoms with Crippen molar-refractivity contribution < 1.29 is 26.6 Å². The molecule has 0 saturated carbocycles. The summed E-state index contributed by atoms with van der Waals surface area (Å²) in [5.74, 6) is -0.306. The van der Waals surface area contributed by atoms with Gasteiger partial charge in [0.1, 0.15) is 12.0 Å². The van der Waals surface area contributed by atoms with Gasteiger partial charge in [-0.1, -0.05) is 66.2 Å². The minimum absolute atomic E-state index is 0.0463. The van der Waals surface area contributed by atoms with Gasteiger partial charge in [0, 0.05) is 84.0 Å². The number of nitrogens with one attached hydrogen (secondary N) is 3. The molecule has 16 nitrogen and oxygen atoms in total. The zero-order chi connectivity index (χ0) is 47.8. The lowest BCUT2D eigenvalue weighted by Gasteiger charge is -2.36. The predicted molar refractivity (Wildman–Crippen MR) is 269 cm³/mol. The quantitative estimate of drug-likeness (QED) is 0.0429. The van der Waals surface area contributed by atoms with Crippen LogP contribution in [0, 0.1) is 16.0 Å². The van der Waals surface area contributed by atoms with Gasteiger partial charge in [-0.05, 0) is 104 Å². The predicted octanol–water partition coefficient (Wildman–Crippen LogP) is 7.73. The number of hydrogen-bond acceptors (Lipinski definition) is 14. The van der Waals surface area contributed by atoms with E-state index in [0.717, 1.165) is 66.8 Å². The molecule has 0 aliphatic carbocycles. The van der Waals surface area contributed by atoms with Crippen LogP contribution in [-0.4, -0.2) is 111 Å². The Morgan fingerprint density at radius 2 is 1.57 bits per heavy atom. The van der Waals surface area contributed by atoms with Crippen molar-refractivity contribution in [1.82, 2.24) is 24.5 Å². The van der Waals surface area contributed by atoms with Gasteiger partial charge in [-0.3, -0.25) is 29.3 Å². The molecule has 0 unspecified atom stereocenters. The van der Waals surface area contributed by atoms with Crippen LogP contribution in [0.25, 0.3) is 22.0 Å². The Kier molecular flexibility index (Phi) is 15.5. The molecule has 3 heterocycles. The van der Waals surface area contributed by atoms with Crippen LogP contribution in [0.3, 0.4) is 0 Å². The van der Waals surface area contributed by atoms with E-state index >= 15 is 0 Å². The fourth-order valence-corrected chi connectivity index (χ4v) is 11.4. The Hall–Kier alpha value is -5.83. The maximum Gasteiger partial charge on any atom is 0.293 e. The third-order valence-electron chi connectivity index (χ3n) is 12.2. The largest absolute Gasteiger partial charge is 0.376 e. The number of hydrogen-bond donors (Lipinski definition) is 3. The number of carbonyl (C=O) groups is 1. The van der Waals surface area contributed by atoms with E-state index in [1.807, 2.05) is 72.8 Å². The molecule has 5 aromatic carbocycles. The second-order valence-electron chi connectivity index (χ2n) is 17.0. The van der Waals surface area contributed by atoms with Crippen LogP contribution in [0.15, 0.2) is 131 Å². The summed E-state index contributed by atoms with van der Waals surface area (Å²) >= 11 is 8.03. The molecular formula is C48H52ClN9O7S3. The van der Waals surface area contributed by atoms with E-state index in [-0.39, 0.29) is 22.4 Å². The molecule has 1 aromatic heterocycles. The van der Waals surface area contributed by atoms with Gasteiger partial charge in [-0.15, -0.1) is 11.8 Å². The molecule has 1 amide bonds. The van der Waals surface area contributed by atoms with Crippen LogP contribution >= 0.6 is 23.4 Å². The summed E-state index contributed by atoms with van der Waals surface area (Å²) in [5, 5.41) is 17.1. The Bertz CT molecular complexity index is 2980. The third kappa shape index (κ3) is 12.6. The van der Waals surface area contributed by atoms with E-state index in [1.54, 1.807) is 17.8 Å². The first kappa shape index (κ1) is 48.6. The molecule has 2 aliphatic heterocycles. The fraction of sp³-hybridized carbons (Fsp3) is 0.312. The lowest BCUT2D eigenvalue weighted by Crippen LogP contribution is -2.46. The number of nitrogens with zero attached hydrogens (tertiary/aromatic N) is 6. The molecule has 2 aliphatic rings. The van der Waals surface area contributed by atoms with Gasteiger partial charge in [-0.2, -0.15) is 0 Å². The normalized spacial score (nSPS) is 15.8. The van der Waals surface area contributed by atoms with Gasteiger partial charge in [0.2, 0.25) is 15.9 Å². The van der Waals surface area contributed by atoms with Crippen molar-refractivity contribution in [2.45, 2.75) is 41.6 Å². The topological polar surface area (TPSA) is 200 Å². The molecule has 0 spiro atoms. The summed E-state index contributed by atoms with van der Waals surface area (Å²) < 4.78 is 55.6. The molecule has 68 heavy (non-hydrogen) atoms. The molecular weight excluding hydrogens is 946 g/mol. The van der Waals surface area contributed by atoms with Gasteiger partial charge >= 0.3 is 0 Å². The van der Waals surface area contributed by atoms with Crippen LogP contribution in [0.1, 0.15) is 24.8 Å². The molecule has 0 radical (unpaired) electrons. The first-order chi connectivity index (χ1) is 32.7. The van der Waals surface area contributed by atoms with Crippen molar-refractivity contribution in [3.8, 4) is 11.1 Å².